The quantitative estimate of drug-likeness (QED) is 0.0459. The lowest BCUT2D eigenvalue weighted by Gasteiger charge is -2.35. The minimum absolute atomic E-state index is 0.135. The van der Waals surface area contributed by atoms with Gasteiger partial charge in [0.05, 0.1) is 33.9 Å². The molecule has 270 valence electrons. The number of nitrogens with zero attached hydrogens (tertiary/aromatic N) is 1. The molecule has 0 amide bonds. The largest absolute Gasteiger partial charge is 0.527 e. The van der Waals surface area contributed by atoms with Crippen LogP contribution in [0, 0.1) is 0 Å². The average molecular weight is 687 g/mol. The van der Waals surface area contributed by atoms with Crippen LogP contribution < -0.4 is 0 Å². The number of unbranched alkanes of at least 4 members (excludes halogenated alkanes) is 13. The Bertz CT molecular complexity index is 1140. The van der Waals surface area contributed by atoms with Crippen LogP contribution in [0.1, 0.15) is 133 Å². The summed E-state index contributed by atoms with van der Waals surface area (Å²) in [5.41, 5.74) is 2.97. The van der Waals surface area contributed by atoms with Crippen LogP contribution in [0.2, 0.25) is 0 Å². The highest BCUT2D eigenvalue weighted by molar-refractivity contribution is 7.47. The van der Waals surface area contributed by atoms with Crippen molar-refractivity contribution < 1.29 is 32.5 Å². The molecule has 0 aliphatic carbocycles. The van der Waals surface area contributed by atoms with E-state index in [0.717, 1.165) is 55.5 Å². The van der Waals surface area contributed by atoms with Crippen molar-refractivity contribution in [2.45, 2.75) is 128 Å². The molecule has 0 aromatic heterocycles. The molecular weight excluding hydrogens is 621 g/mol. The second-order valence-corrected chi connectivity index (χ2v) is 15.4. The fourth-order valence-electron chi connectivity index (χ4n) is 6.33. The van der Waals surface area contributed by atoms with Crippen LogP contribution in [0.5, 0.6) is 0 Å². The Morgan fingerprint density at radius 3 is 1.79 bits per heavy atom. The lowest BCUT2D eigenvalue weighted by atomic mass is 10.0. The molecule has 2 aromatic rings. The van der Waals surface area contributed by atoms with E-state index in [1.807, 2.05) is 60.7 Å². The van der Waals surface area contributed by atoms with Gasteiger partial charge in [-0.3, -0.25) is 13.9 Å². The van der Waals surface area contributed by atoms with E-state index in [1.54, 1.807) is 0 Å². The summed E-state index contributed by atoms with van der Waals surface area (Å²) in [7, 11) is -0.180. The van der Waals surface area contributed by atoms with E-state index < -0.39 is 13.9 Å². The highest BCUT2D eigenvalue weighted by Gasteiger charge is 2.30. The monoisotopic (exact) mass is 686 g/mol. The summed E-state index contributed by atoms with van der Waals surface area (Å²) in [6, 6.07) is 20.0. The van der Waals surface area contributed by atoms with E-state index in [9.17, 15) is 9.46 Å². The number of likely N-dealkylation sites (tertiary alicyclic amines) is 1. The molecule has 0 spiro atoms. The molecule has 8 heteroatoms. The van der Waals surface area contributed by atoms with Crippen LogP contribution in [0.3, 0.4) is 0 Å². The predicted octanol–water partition coefficient (Wildman–Crippen LogP) is 10.9. The zero-order valence-corrected chi connectivity index (χ0v) is 31.1. The van der Waals surface area contributed by atoms with Crippen LogP contribution in [0.15, 0.2) is 72.6 Å². The van der Waals surface area contributed by atoms with Gasteiger partial charge in [0.1, 0.15) is 17.9 Å². The van der Waals surface area contributed by atoms with Gasteiger partial charge in [-0.05, 0) is 30.4 Å². The lowest BCUT2D eigenvalue weighted by Crippen LogP contribution is -2.41. The smallest absolute Gasteiger partial charge is 0.406 e. The molecule has 2 unspecified atom stereocenters. The maximum Gasteiger partial charge on any atom is 0.527 e. The van der Waals surface area contributed by atoms with Gasteiger partial charge in [0.25, 0.3) is 0 Å². The number of piperidine rings is 1. The summed E-state index contributed by atoms with van der Waals surface area (Å²) in [4.78, 5) is 10.6. The van der Waals surface area contributed by atoms with Crippen molar-refractivity contribution in [3.8, 4) is 0 Å². The van der Waals surface area contributed by atoms with Gasteiger partial charge in [-0.25, -0.2) is 4.57 Å². The van der Waals surface area contributed by atoms with Gasteiger partial charge in [-0.15, -0.1) is 0 Å². The first-order chi connectivity index (χ1) is 23.3. The number of benzene rings is 2. The number of quaternary nitrogens is 1. The van der Waals surface area contributed by atoms with E-state index in [2.05, 4.69) is 21.0 Å². The number of allylic oxidation sites excluding steroid dienone is 1. The molecule has 1 heterocycles. The second-order valence-electron chi connectivity index (χ2n) is 14.0. The molecular formula is C40H65NO6P+. The Labute approximate surface area is 292 Å². The van der Waals surface area contributed by atoms with Gasteiger partial charge in [0.2, 0.25) is 0 Å². The standard InChI is InChI=1S/C40H64NO6P/c1-4-5-6-7-8-9-10-11-12-13-14-15-16-25-32-44-34-39(35-46-48(42,43)45-33-38-30-23-24-31-41(38,2)3)47-40(36-26-19-17-20-27-36)37-28-21-18-22-29-37/h17-22,26-29,33,39-40H,4-16,23-25,30-32,34-35H2,1-3H3/p+1. The minimum Gasteiger partial charge on any atom is -0.406 e. The lowest BCUT2D eigenvalue weighted by molar-refractivity contribution is -0.858. The van der Waals surface area contributed by atoms with Gasteiger partial charge < -0.3 is 14.0 Å². The Hall–Kier alpha value is -1.99. The zero-order chi connectivity index (χ0) is 34.3. The van der Waals surface area contributed by atoms with Crippen molar-refractivity contribution in [3.63, 3.8) is 0 Å². The fraction of sp³-hybridized carbons (Fsp3) is 0.650. The highest BCUT2D eigenvalue weighted by Crippen LogP contribution is 2.45. The van der Waals surface area contributed by atoms with Gasteiger partial charge in [0, 0.05) is 13.0 Å². The predicted molar refractivity (Wildman–Crippen MR) is 197 cm³/mol. The first kappa shape index (κ1) is 40.4. The van der Waals surface area contributed by atoms with Crippen molar-refractivity contribution >= 4 is 7.82 Å². The van der Waals surface area contributed by atoms with Crippen molar-refractivity contribution in [2.24, 2.45) is 0 Å². The molecule has 3 rings (SSSR count). The molecule has 48 heavy (non-hydrogen) atoms. The minimum atomic E-state index is -4.35. The molecule has 2 aromatic carbocycles. The molecule has 0 saturated carbocycles. The number of phosphoric acid groups is 1. The van der Waals surface area contributed by atoms with E-state index >= 15 is 0 Å². The van der Waals surface area contributed by atoms with Gasteiger partial charge >= 0.3 is 7.82 Å². The molecule has 1 saturated heterocycles. The Morgan fingerprint density at radius 1 is 0.750 bits per heavy atom. The van der Waals surface area contributed by atoms with Crippen molar-refractivity contribution in [3.05, 3.63) is 83.7 Å². The van der Waals surface area contributed by atoms with Gasteiger partial charge in [-0.2, -0.15) is 0 Å². The van der Waals surface area contributed by atoms with Crippen molar-refractivity contribution in [2.75, 3.05) is 40.5 Å². The van der Waals surface area contributed by atoms with Crippen LogP contribution in [-0.2, 0) is 23.1 Å². The number of hydrogen-bond acceptors (Lipinski definition) is 5. The Morgan fingerprint density at radius 2 is 1.27 bits per heavy atom. The third-order valence-corrected chi connectivity index (χ3v) is 10.2. The summed E-state index contributed by atoms with van der Waals surface area (Å²) < 4.78 is 37.3. The molecule has 2 atom stereocenters. The second kappa shape index (κ2) is 23.4. The van der Waals surface area contributed by atoms with E-state index in [-0.39, 0.29) is 19.3 Å². The van der Waals surface area contributed by atoms with E-state index in [0.29, 0.717) is 11.1 Å². The molecule has 1 aliphatic rings. The van der Waals surface area contributed by atoms with E-state index in [1.165, 1.54) is 83.3 Å². The highest BCUT2D eigenvalue weighted by atomic mass is 31.2. The number of ether oxygens (including phenoxy) is 2. The Balaban J connectivity index is 1.46. The maximum absolute atomic E-state index is 13.0. The summed E-state index contributed by atoms with van der Waals surface area (Å²) in [6.45, 7) is 3.98. The first-order valence-electron chi connectivity index (χ1n) is 18.8. The van der Waals surface area contributed by atoms with Crippen LogP contribution >= 0.6 is 7.82 Å². The van der Waals surface area contributed by atoms with Gasteiger partial charge in [-0.1, -0.05) is 151 Å². The van der Waals surface area contributed by atoms with Crippen LogP contribution in [0.25, 0.3) is 0 Å². The molecule has 1 N–H and O–H groups in total. The average Bonchev–Trinajstić information content (AvgIpc) is 3.09. The van der Waals surface area contributed by atoms with E-state index in [4.69, 9.17) is 18.5 Å². The third kappa shape index (κ3) is 16.6. The maximum atomic E-state index is 13.0. The van der Waals surface area contributed by atoms with Crippen molar-refractivity contribution in [1.29, 1.82) is 0 Å². The molecule has 7 nitrogen and oxygen atoms in total. The zero-order valence-electron chi connectivity index (χ0n) is 30.2. The SMILES string of the molecule is CCCCCCCCCCCCCCCCOCC(COP(=O)(O)OC=C1CCCC[N+]1(C)C)OC(c1ccccc1)c1ccccc1. The van der Waals surface area contributed by atoms with Crippen molar-refractivity contribution in [1.82, 2.24) is 0 Å². The summed E-state index contributed by atoms with van der Waals surface area (Å²) in [6.07, 6.45) is 21.8. The summed E-state index contributed by atoms with van der Waals surface area (Å²) >= 11 is 0. The van der Waals surface area contributed by atoms with Gasteiger partial charge in [0.15, 0.2) is 6.26 Å². The molecule has 1 aliphatic heterocycles. The number of hydrogen-bond donors (Lipinski definition) is 1. The van der Waals surface area contributed by atoms with Crippen LogP contribution in [-0.4, -0.2) is 55.9 Å². The molecule has 0 radical (unpaired) electrons. The number of phosphoric ester groups is 1. The Kier molecular flexibility index (Phi) is 19.7. The van der Waals surface area contributed by atoms with Crippen LogP contribution in [0.4, 0.5) is 0 Å². The fourth-order valence-corrected chi connectivity index (χ4v) is 7.00. The number of rotatable bonds is 26. The summed E-state index contributed by atoms with van der Waals surface area (Å²) in [5, 5.41) is 0. The normalized spacial score (nSPS) is 17.4. The molecule has 0 bridgehead atoms. The third-order valence-electron chi connectivity index (χ3n) is 9.40. The topological polar surface area (TPSA) is 74.2 Å². The molecule has 1 fully saturated rings. The first-order valence-corrected chi connectivity index (χ1v) is 20.3. The summed E-state index contributed by atoms with van der Waals surface area (Å²) in [5.74, 6) is 0.